The molecule has 22 heavy (non-hydrogen) atoms. The molecule has 2 aliphatic heterocycles. The molecule has 0 bridgehead atoms. The highest BCUT2D eigenvalue weighted by atomic mass is 79.9. The molecule has 112 valence electrons. The molecule has 2 atom stereocenters. The minimum absolute atomic E-state index is 0.0226. The lowest BCUT2D eigenvalue weighted by molar-refractivity contribution is -0.151. The molecule has 0 amide bonds. The predicted molar refractivity (Wildman–Crippen MR) is 81.6 cm³/mol. The molecular formula is C16H9BrClFO3. The van der Waals surface area contributed by atoms with Crippen LogP contribution in [0.15, 0.2) is 40.9 Å². The predicted octanol–water partition coefficient (Wildman–Crippen LogP) is 4.17. The van der Waals surface area contributed by atoms with Crippen LogP contribution in [0.1, 0.15) is 17.0 Å². The third-order valence-electron chi connectivity index (χ3n) is 4.16. The Bertz CT molecular complexity index is 796. The van der Waals surface area contributed by atoms with E-state index in [0.29, 0.717) is 21.3 Å². The molecule has 2 aromatic rings. The van der Waals surface area contributed by atoms with Gasteiger partial charge in [0.25, 0.3) is 0 Å². The fourth-order valence-electron chi connectivity index (χ4n) is 3.16. The largest absolute Gasteiger partial charge is 0.469 e. The number of ether oxygens (including phenoxy) is 2. The van der Waals surface area contributed by atoms with E-state index in [4.69, 9.17) is 21.1 Å². The Labute approximate surface area is 139 Å². The van der Waals surface area contributed by atoms with Crippen LogP contribution in [0, 0.1) is 5.82 Å². The van der Waals surface area contributed by atoms with Gasteiger partial charge in [-0.05, 0) is 15.9 Å². The van der Waals surface area contributed by atoms with Crippen molar-refractivity contribution in [1.82, 2.24) is 0 Å². The van der Waals surface area contributed by atoms with E-state index in [2.05, 4.69) is 15.9 Å². The lowest BCUT2D eigenvalue weighted by atomic mass is 9.81. The summed E-state index contributed by atoms with van der Waals surface area (Å²) in [4.78, 5) is 12.4. The van der Waals surface area contributed by atoms with Gasteiger partial charge in [-0.2, -0.15) is 0 Å². The first-order valence-corrected chi connectivity index (χ1v) is 7.82. The van der Waals surface area contributed by atoms with E-state index < -0.39 is 17.4 Å². The van der Waals surface area contributed by atoms with E-state index in [1.54, 1.807) is 12.1 Å². The maximum atomic E-state index is 13.9. The van der Waals surface area contributed by atoms with Crippen LogP contribution in [0.3, 0.4) is 0 Å². The van der Waals surface area contributed by atoms with Crippen molar-refractivity contribution < 1.29 is 18.7 Å². The summed E-state index contributed by atoms with van der Waals surface area (Å²) in [6.07, 6.45) is 0. The van der Waals surface area contributed by atoms with Crippen molar-refractivity contribution in [2.24, 2.45) is 0 Å². The molecule has 2 aliphatic rings. The van der Waals surface area contributed by atoms with E-state index in [-0.39, 0.29) is 17.5 Å². The molecule has 3 nitrogen and oxygen atoms in total. The summed E-state index contributed by atoms with van der Waals surface area (Å²) in [7, 11) is 0. The van der Waals surface area contributed by atoms with Crippen LogP contribution in [0.25, 0.3) is 0 Å². The average molecular weight is 384 g/mol. The summed E-state index contributed by atoms with van der Waals surface area (Å²) in [6, 6.07) is 10.3. The monoisotopic (exact) mass is 382 g/mol. The molecule has 0 N–H and O–H groups in total. The first kappa shape index (κ1) is 14.0. The van der Waals surface area contributed by atoms with Gasteiger partial charge in [0.2, 0.25) is 5.60 Å². The van der Waals surface area contributed by atoms with Crippen molar-refractivity contribution in [1.29, 1.82) is 0 Å². The minimum atomic E-state index is -1.27. The summed E-state index contributed by atoms with van der Waals surface area (Å²) in [6.45, 7) is 0.168. The zero-order valence-electron chi connectivity index (χ0n) is 11.1. The third-order valence-corrected chi connectivity index (χ3v) is 5.58. The second-order valence-electron chi connectivity index (χ2n) is 5.25. The van der Waals surface area contributed by atoms with Crippen molar-refractivity contribution in [3.63, 3.8) is 0 Å². The highest BCUT2D eigenvalue weighted by Crippen LogP contribution is 2.57. The van der Waals surface area contributed by atoms with Gasteiger partial charge in [0.15, 0.2) is 0 Å². The number of hydrogen-bond acceptors (Lipinski definition) is 3. The number of carbonyl (C=O) groups is 1. The van der Waals surface area contributed by atoms with Crippen LogP contribution in [0.4, 0.5) is 4.39 Å². The first-order valence-electron chi connectivity index (χ1n) is 6.65. The maximum absolute atomic E-state index is 13.9. The Morgan fingerprint density at radius 1 is 1.32 bits per heavy atom. The molecule has 0 spiro atoms. The number of cyclic esters (lactones) is 1. The molecule has 1 fully saturated rings. The number of fused-ring (bicyclic) bond motifs is 3. The summed E-state index contributed by atoms with van der Waals surface area (Å²) < 4.78 is 25.5. The molecule has 2 unspecified atom stereocenters. The number of esters is 1. The van der Waals surface area contributed by atoms with Crippen molar-refractivity contribution in [2.75, 3.05) is 6.61 Å². The van der Waals surface area contributed by atoms with E-state index in [0.717, 1.165) is 0 Å². The molecule has 0 saturated carbocycles. The Morgan fingerprint density at radius 2 is 2.05 bits per heavy atom. The highest BCUT2D eigenvalue weighted by molar-refractivity contribution is 9.10. The van der Waals surface area contributed by atoms with E-state index in [1.165, 1.54) is 6.07 Å². The zero-order chi connectivity index (χ0) is 15.5. The second kappa shape index (κ2) is 4.70. The molecule has 0 aromatic heterocycles. The van der Waals surface area contributed by atoms with Crippen LogP contribution in [-0.2, 0) is 15.1 Å². The van der Waals surface area contributed by atoms with Crippen LogP contribution in [0.5, 0.6) is 5.75 Å². The molecule has 1 saturated heterocycles. The van der Waals surface area contributed by atoms with Gasteiger partial charge < -0.3 is 9.47 Å². The normalized spacial score (nSPS) is 25.4. The van der Waals surface area contributed by atoms with Gasteiger partial charge in [-0.15, -0.1) is 0 Å². The quantitative estimate of drug-likeness (QED) is 0.548. The summed E-state index contributed by atoms with van der Waals surface area (Å²) in [5.74, 6) is -1.11. The molecule has 2 aromatic carbocycles. The average Bonchev–Trinajstić information content (AvgIpc) is 3.02. The van der Waals surface area contributed by atoms with Crippen molar-refractivity contribution >= 4 is 33.5 Å². The Kier molecular flexibility index (Phi) is 3.00. The molecule has 0 aliphatic carbocycles. The lowest BCUT2D eigenvalue weighted by Crippen LogP contribution is -2.38. The smallest absolute Gasteiger partial charge is 0.356 e. The Hall–Kier alpha value is -1.59. The number of rotatable bonds is 1. The van der Waals surface area contributed by atoms with Gasteiger partial charge in [-0.1, -0.05) is 41.9 Å². The zero-order valence-corrected chi connectivity index (χ0v) is 13.4. The molecule has 0 radical (unpaired) electrons. The third kappa shape index (κ3) is 1.64. The second-order valence-corrected chi connectivity index (χ2v) is 6.42. The standard InChI is InChI=1S/C16H9BrClFO3/c17-13-12-9-7-21-15(20)16(9,8-4-2-1-3-5-8)22-11(12)6-10(19)14(13)18/h1-6,9H,7H2. The fraction of sp³-hybridized carbons (Fsp3) is 0.188. The van der Waals surface area contributed by atoms with E-state index in [1.807, 2.05) is 18.2 Å². The van der Waals surface area contributed by atoms with Gasteiger partial charge in [0.05, 0.1) is 10.9 Å². The van der Waals surface area contributed by atoms with Crippen molar-refractivity contribution in [3.05, 3.63) is 62.8 Å². The van der Waals surface area contributed by atoms with E-state index in [9.17, 15) is 9.18 Å². The van der Waals surface area contributed by atoms with Gasteiger partial charge in [0, 0.05) is 21.7 Å². The number of hydrogen-bond donors (Lipinski definition) is 0. The van der Waals surface area contributed by atoms with Crippen LogP contribution in [-0.4, -0.2) is 12.6 Å². The summed E-state index contributed by atoms with van der Waals surface area (Å²) in [5.41, 5.74) is 0.0756. The Morgan fingerprint density at radius 3 is 2.77 bits per heavy atom. The molecule has 2 heterocycles. The molecule has 6 heteroatoms. The minimum Gasteiger partial charge on any atom is -0.469 e. The topological polar surface area (TPSA) is 35.5 Å². The summed E-state index contributed by atoms with van der Waals surface area (Å²) >= 11 is 9.29. The SMILES string of the molecule is O=C1OCC2c3c(cc(F)c(Cl)c3Br)OC12c1ccccc1. The van der Waals surface area contributed by atoms with Gasteiger partial charge in [-0.25, -0.2) is 9.18 Å². The number of carbonyl (C=O) groups excluding carboxylic acids is 1. The highest BCUT2D eigenvalue weighted by Gasteiger charge is 2.62. The fourth-order valence-corrected chi connectivity index (χ4v) is 3.98. The van der Waals surface area contributed by atoms with Gasteiger partial charge >= 0.3 is 5.97 Å². The van der Waals surface area contributed by atoms with E-state index >= 15 is 0 Å². The summed E-state index contributed by atoms with van der Waals surface area (Å²) in [5, 5.41) is -0.0226. The van der Waals surface area contributed by atoms with Crippen LogP contribution >= 0.6 is 27.5 Å². The van der Waals surface area contributed by atoms with Crippen molar-refractivity contribution in [2.45, 2.75) is 11.5 Å². The van der Waals surface area contributed by atoms with Crippen LogP contribution < -0.4 is 4.74 Å². The molecule has 4 rings (SSSR count). The number of halogens is 3. The molecular weight excluding hydrogens is 375 g/mol. The lowest BCUT2D eigenvalue weighted by Gasteiger charge is -2.24. The van der Waals surface area contributed by atoms with Crippen molar-refractivity contribution in [3.8, 4) is 5.75 Å². The van der Waals surface area contributed by atoms with Crippen LogP contribution in [0.2, 0.25) is 5.02 Å². The van der Waals surface area contributed by atoms with Gasteiger partial charge in [-0.3, -0.25) is 0 Å². The first-order chi connectivity index (χ1) is 10.6. The maximum Gasteiger partial charge on any atom is 0.356 e. The number of benzene rings is 2. The Balaban J connectivity index is 1.97. The van der Waals surface area contributed by atoms with Gasteiger partial charge in [0.1, 0.15) is 18.2 Å².